The van der Waals surface area contributed by atoms with E-state index in [1.54, 1.807) is 4.68 Å². The van der Waals surface area contributed by atoms with Crippen molar-refractivity contribution in [3.05, 3.63) is 41.7 Å². The van der Waals surface area contributed by atoms with E-state index in [0.717, 1.165) is 37.5 Å². The number of benzene rings is 1. The van der Waals surface area contributed by atoms with Gasteiger partial charge in [0.2, 0.25) is 0 Å². The largest absolute Gasteiger partial charge is 0.478 e. The standard InChI is InChI=1S/C16H17F3N2O2/c1-2-3-4-7-21-10-12(9-20-21)13-8-11(15(22)23)5-6-14(13)16(17,18)19/h5-6,8-10H,2-4,7H2,1H3,(H,22,23). The number of aromatic carboxylic acids is 1. The molecule has 2 rings (SSSR count). The van der Waals surface area contributed by atoms with Crippen LogP contribution in [0.5, 0.6) is 0 Å². The number of carbonyl (C=O) groups is 1. The molecule has 1 aromatic heterocycles. The minimum Gasteiger partial charge on any atom is -0.478 e. The van der Waals surface area contributed by atoms with Gasteiger partial charge in [-0.05, 0) is 30.2 Å². The number of aryl methyl sites for hydroxylation is 1. The molecule has 0 radical (unpaired) electrons. The summed E-state index contributed by atoms with van der Waals surface area (Å²) in [5, 5.41) is 13.1. The molecule has 0 saturated carbocycles. The van der Waals surface area contributed by atoms with Gasteiger partial charge in [0.1, 0.15) is 0 Å². The van der Waals surface area contributed by atoms with E-state index < -0.39 is 17.7 Å². The van der Waals surface area contributed by atoms with Crippen LogP contribution in [0.25, 0.3) is 11.1 Å². The minimum atomic E-state index is -4.56. The van der Waals surface area contributed by atoms with Gasteiger partial charge < -0.3 is 5.11 Å². The summed E-state index contributed by atoms with van der Waals surface area (Å²) in [6, 6.07) is 2.80. The van der Waals surface area contributed by atoms with Gasteiger partial charge in [0, 0.05) is 18.3 Å². The maximum absolute atomic E-state index is 13.1. The van der Waals surface area contributed by atoms with Crippen LogP contribution in [-0.4, -0.2) is 20.9 Å². The van der Waals surface area contributed by atoms with Crippen molar-refractivity contribution in [3.63, 3.8) is 0 Å². The number of nitrogens with zero attached hydrogens (tertiary/aromatic N) is 2. The van der Waals surface area contributed by atoms with Crippen LogP contribution in [0.4, 0.5) is 13.2 Å². The molecule has 0 bridgehead atoms. The second kappa shape index (κ2) is 6.85. The van der Waals surface area contributed by atoms with Gasteiger partial charge in [-0.1, -0.05) is 19.8 Å². The van der Waals surface area contributed by atoms with Crippen LogP contribution in [0.3, 0.4) is 0 Å². The fourth-order valence-electron chi connectivity index (χ4n) is 2.31. The van der Waals surface area contributed by atoms with Crippen LogP contribution in [0.2, 0.25) is 0 Å². The van der Waals surface area contributed by atoms with Gasteiger partial charge >= 0.3 is 12.1 Å². The molecule has 0 amide bonds. The van der Waals surface area contributed by atoms with Gasteiger partial charge in [-0.3, -0.25) is 4.68 Å². The first-order valence-electron chi connectivity index (χ1n) is 7.30. The van der Waals surface area contributed by atoms with Crippen molar-refractivity contribution >= 4 is 5.97 Å². The first-order valence-corrected chi connectivity index (χ1v) is 7.30. The summed E-state index contributed by atoms with van der Waals surface area (Å²) in [6.45, 7) is 2.68. The van der Waals surface area contributed by atoms with E-state index >= 15 is 0 Å². The first-order chi connectivity index (χ1) is 10.8. The molecule has 0 unspecified atom stereocenters. The van der Waals surface area contributed by atoms with Crippen LogP contribution >= 0.6 is 0 Å². The SMILES string of the molecule is CCCCCn1cc(-c2cc(C(=O)O)ccc2C(F)(F)F)cn1. The van der Waals surface area contributed by atoms with Crippen LogP contribution in [-0.2, 0) is 12.7 Å². The van der Waals surface area contributed by atoms with E-state index in [0.29, 0.717) is 6.54 Å². The van der Waals surface area contributed by atoms with Gasteiger partial charge in [-0.15, -0.1) is 0 Å². The average Bonchev–Trinajstić information content (AvgIpc) is 2.94. The Balaban J connectivity index is 2.40. The zero-order valence-corrected chi connectivity index (χ0v) is 12.6. The third kappa shape index (κ3) is 4.12. The first kappa shape index (κ1) is 17.1. The number of halogens is 3. The molecule has 7 heteroatoms. The van der Waals surface area contributed by atoms with Gasteiger partial charge in [-0.25, -0.2) is 4.79 Å². The van der Waals surface area contributed by atoms with E-state index in [-0.39, 0.29) is 16.7 Å². The van der Waals surface area contributed by atoms with Crippen LogP contribution in [0.1, 0.15) is 42.1 Å². The highest BCUT2D eigenvalue weighted by molar-refractivity contribution is 5.90. The summed E-state index contributed by atoms with van der Waals surface area (Å²) in [5.41, 5.74) is -0.960. The van der Waals surface area contributed by atoms with Crippen molar-refractivity contribution in [2.75, 3.05) is 0 Å². The molecule has 2 aromatic rings. The molecule has 0 saturated heterocycles. The molecule has 1 aromatic carbocycles. The van der Waals surface area contributed by atoms with E-state index in [1.165, 1.54) is 12.4 Å². The predicted octanol–water partition coefficient (Wildman–Crippen LogP) is 4.46. The molecular formula is C16H17F3N2O2. The fraction of sp³-hybridized carbons (Fsp3) is 0.375. The molecule has 1 N–H and O–H groups in total. The Morgan fingerprint density at radius 2 is 2.04 bits per heavy atom. The number of hydrogen-bond acceptors (Lipinski definition) is 2. The van der Waals surface area contributed by atoms with Crippen LogP contribution < -0.4 is 0 Å². The van der Waals surface area contributed by atoms with Crippen molar-refractivity contribution in [1.82, 2.24) is 9.78 Å². The van der Waals surface area contributed by atoms with Crippen molar-refractivity contribution in [3.8, 4) is 11.1 Å². The predicted molar refractivity (Wildman–Crippen MR) is 79.1 cm³/mol. The van der Waals surface area contributed by atoms with Crippen molar-refractivity contribution in [2.45, 2.75) is 38.9 Å². The lowest BCUT2D eigenvalue weighted by molar-refractivity contribution is -0.137. The highest BCUT2D eigenvalue weighted by Gasteiger charge is 2.34. The van der Waals surface area contributed by atoms with Gasteiger partial charge in [0.25, 0.3) is 0 Å². The Morgan fingerprint density at radius 1 is 1.30 bits per heavy atom. The lowest BCUT2D eigenvalue weighted by Gasteiger charge is -2.12. The maximum Gasteiger partial charge on any atom is 0.417 e. The van der Waals surface area contributed by atoms with Gasteiger partial charge in [-0.2, -0.15) is 18.3 Å². The highest BCUT2D eigenvalue weighted by atomic mass is 19.4. The Morgan fingerprint density at radius 3 is 2.65 bits per heavy atom. The van der Waals surface area contributed by atoms with Crippen molar-refractivity contribution in [1.29, 1.82) is 0 Å². The highest BCUT2D eigenvalue weighted by Crippen LogP contribution is 2.37. The Bertz CT molecular complexity index is 693. The molecule has 0 aliphatic heterocycles. The van der Waals surface area contributed by atoms with Crippen LogP contribution in [0.15, 0.2) is 30.6 Å². The summed E-state index contributed by atoms with van der Waals surface area (Å²) >= 11 is 0. The number of unbranched alkanes of at least 4 members (excludes halogenated alkanes) is 2. The molecule has 0 fully saturated rings. The van der Waals surface area contributed by atoms with E-state index in [1.807, 2.05) is 0 Å². The number of alkyl halides is 3. The van der Waals surface area contributed by atoms with Gasteiger partial charge in [0.15, 0.2) is 0 Å². The van der Waals surface area contributed by atoms with Gasteiger partial charge in [0.05, 0.1) is 17.3 Å². The maximum atomic E-state index is 13.1. The molecule has 1 heterocycles. The molecule has 0 atom stereocenters. The molecule has 0 aliphatic carbocycles. The van der Waals surface area contributed by atoms with Crippen molar-refractivity contribution < 1.29 is 23.1 Å². The lowest BCUT2D eigenvalue weighted by Crippen LogP contribution is -2.08. The number of hydrogen-bond donors (Lipinski definition) is 1. The molecular weight excluding hydrogens is 309 g/mol. The molecule has 23 heavy (non-hydrogen) atoms. The van der Waals surface area contributed by atoms with Crippen molar-refractivity contribution in [2.24, 2.45) is 0 Å². The average molecular weight is 326 g/mol. The Labute approximate surface area is 131 Å². The lowest BCUT2D eigenvalue weighted by atomic mass is 9.99. The smallest absolute Gasteiger partial charge is 0.417 e. The Kier molecular flexibility index (Phi) is 5.08. The summed E-state index contributed by atoms with van der Waals surface area (Å²) < 4.78 is 41.0. The Hall–Kier alpha value is -2.31. The normalized spacial score (nSPS) is 11.7. The number of rotatable bonds is 6. The van der Waals surface area contributed by atoms with E-state index in [4.69, 9.17) is 5.11 Å². The quantitative estimate of drug-likeness (QED) is 0.798. The second-order valence-electron chi connectivity index (χ2n) is 5.26. The second-order valence-corrected chi connectivity index (χ2v) is 5.26. The zero-order valence-electron chi connectivity index (χ0n) is 12.6. The monoisotopic (exact) mass is 326 g/mol. The molecule has 0 spiro atoms. The third-order valence-electron chi connectivity index (χ3n) is 3.51. The fourth-order valence-corrected chi connectivity index (χ4v) is 2.31. The van der Waals surface area contributed by atoms with E-state index in [9.17, 15) is 18.0 Å². The summed E-state index contributed by atoms with van der Waals surface area (Å²) in [7, 11) is 0. The summed E-state index contributed by atoms with van der Waals surface area (Å²) in [4.78, 5) is 11.0. The number of carboxylic acids is 1. The molecule has 124 valence electrons. The minimum absolute atomic E-state index is 0.167. The summed E-state index contributed by atoms with van der Waals surface area (Å²) in [6.07, 6.45) is 1.23. The van der Waals surface area contributed by atoms with Crippen LogP contribution in [0, 0.1) is 0 Å². The molecule has 4 nitrogen and oxygen atoms in total. The number of carboxylic acid groups (broad SMARTS) is 1. The van der Waals surface area contributed by atoms with E-state index in [2.05, 4.69) is 12.0 Å². The molecule has 0 aliphatic rings. The number of aromatic nitrogens is 2. The third-order valence-corrected chi connectivity index (χ3v) is 3.51. The topological polar surface area (TPSA) is 55.1 Å². The zero-order chi connectivity index (χ0) is 17.0. The summed E-state index contributed by atoms with van der Waals surface area (Å²) in [5.74, 6) is -1.27.